The minimum absolute atomic E-state index is 0.129. The van der Waals surface area contributed by atoms with Crippen LogP contribution in [0, 0.1) is 0 Å². The Labute approximate surface area is 148 Å². The Bertz CT molecular complexity index is 705. The fourth-order valence-electron chi connectivity index (χ4n) is 2.99. The first-order valence-electron chi connectivity index (χ1n) is 8.68. The van der Waals surface area contributed by atoms with E-state index in [0.29, 0.717) is 24.5 Å². The summed E-state index contributed by atoms with van der Waals surface area (Å²) in [6.45, 7) is 3.01. The van der Waals surface area contributed by atoms with Gasteiger partial charge in [0.1, 0.15) is 11.9 Å². The number of nitrogens with zero attached hydrogens (tertiary/aromatic N) is 1. The molecule has 0 aliphatic carbocycles. The molecule has 1 aliphatic rings. The van der Waals surface area contributed by atoms with Gasteiger partial charge < -0.3 is 20.1 Å². The van der Waals surface area contributed by atoms with E-state index in [1.54, 1.807) is 4.90 Å². The number of aliphatic hydroxyl groups excluding tert-OH is 1. The van der Waals surface area contributed by atoms with Gasteiger partial charge in [0.2, 0.25) is 0 Å². The van der Waals surface area contributed by atoms with Crippen molar-refractivity contribution in [2.75, 3.05) is 18.4 Å². The quantitative estimate of drug-likeness (QED) is 0.889. The normalized spacial score (nSPS) is 18.5. The van der Waals surface area contributed by atoms with Crippen LogP contribution >= 0.6 is 0 Å². The molecule has 0 radical (unpaired) electrons. The van der Waals surface area contributed by atoms with Crippen molar-refractivity contribution in [3.05, 3.63) is 60.2 Å². The molecule has 25 heavy (non-hydrogen) atoms. The van der Waals surface area contributed by atoms with Crippen molar-refractivity contribution in [2.45, 2.75) is 32.0 Å². The van der Waals surface area contributed by atoms with Crippen molar-refractivity contribution in [1.29, 1.82) is 0 Å². The second-order valence-corrected chi connectivity index (χ2v) is 6.34. The number of amides is 2. The van der Waals surface area contributed by atoms with Crippen LogP contribution in [0.3, 0.4) is 0 Å². The number of hydrogen-bond acceptors (Lipinski definition) is 3. The minimum atomic E-state index is -0.441. The predicted octanol–water partition coefficient (Wildman–Crippen LogP) is 3.82. The zero-order chi connectivity index (χ0) is 17.6. The third-order valence-electron chi connectivity index (χ3n) is 4.39. The molecule has 1 fully saturated rings. The molecule has 2 unspecified atom stereocenters. The number of ether oxygens (including phenoxy) is 1. The number of benzene rings is 2. The molecular formula is C20H24N2O3. The number of piperidine rings is 1. The number of carbonyl (C=O) groups excluding carboxylic acids is 1. The molecule has 2 N–H and O–H groups in total. The van der Waals surface area contributed by atoms with Crippen LogP contribution in [0.4, 0.5) is 10.5 Å². The van der Waals surface area contributed by atoms with Gasteiger partial charge in [-0.25, -0.2) is 4.79 Å². The van der Waals surface area contributed by atoms with Crippen molar-refractivity contribution in [3.63, 3.8) is 0 Å². The lowest BCUT2D eigenvalue weighted by molar-refractivity contribution is 0.0883. The number of anilines is 1. The molecule has 2 amide bonds. The number of rotatable bonds is 4. The van der Waals surface area contributed by atoms with E-state index < -0.39 is 6.10 Å². The first kappa shape index (κ1) is 17.3. The first-order valence-corrected chi connectivity index (χ1v) is 8.68. The van der Waals surface area contributed by atoms with E-state index in [-0.39, 0.29) is 12.1 Å². The molecule has 3 rings (SSSR count). The number of hydrogen-bond donors (Lipinski definition) is 2. The molecule has 1 heterocycles. The van der Waals surface area contributed by atoms with E-state index >= 15 is 0 Å². The lowest BCUT2D eigenvalue weighted by Gasteiger charge is -2.30. The number of likely N-dealkylation sites (tertiary alicyclic amines) is 1. The lowest BCUT2D eigenvalue weighted by Crippen LogP contribution is -2.44. The molecule has 5 heteroatoms. The van der Waals surface area contributed by atoms with Crippen LogP contribution in [0.1, 0.15) is 31.4 Å². The molecule has 1 aliphatic heterocycles. The van der Waals surface area contributed by atoms with Gasteiger partial charge in [0.15, 0.2) is 0 Å². The van der Waals surface area contributed by atoms with E-state index in [4.69, 9.17) is 4.74 Å². The first-order chi connectivity index (χ1) is 12.1. The molecule has 2 aromatic rings. The molecule has 1 saturated heterocycles. The molecule has 2 aromatic carbocycles. The summed E-state index contributed by atoms with van der Waals surface area (Å²) in [6.07, 6.45) is 0.996. The maximum Gasteiger partial charge on any atom is 0.322 e. The van der Waals surface area contributed by atoms with E-state index in [2.05, 4.69) is 5.32 Å². The van der Waals surface area contributed by atoms with Crippen LogP contribution in [0.25, 0.3) is 0 Å². The largest absolute Gasteiger partial charge is 0.484 e. The van der Waals surface area contributed by atoms with Gasteiger partial charge in [-0.1, -0.05) is 42.5 Å². The van der Waals surface area contributed by atoms with Gasteiger partial charge in [0, 0.05) is 13.1 Å². The Hall–Kier alpha value is -2.53. The number of carbonyl (C=O) groups is 1. The van der Waals surface area contributed by atoms with Gasteiger partial charge in [-0.15, -0.1) is 0 Å². The average Bonchev–Trinajstić information content (AvgIpc) is 2.64. The SMILES string of the molecule is CC(Oc1ccccc1NC(=O)N1CCCC(O)C1)c1ccccc1. The van der Waals surface area contributed by atoms with Gasteiger partial charge in [-0.3, -0.25) is 0 Å². The van der Waals surface area contributed by atoms with Crippen LogP contribution < -0.4 is 10.1 Å². The maximum atomic E-state index is 12.5. The number of urea groups is 1. The molecule has 0 aromatic heterocycles. The van der Waals surface area contributed by atoms with Crippen LogP contribution in [-0.2, 0) is 0 Å². The standard InChI is InChI=1S/C20H24N2O3/c1-15(16-8-3-2-4-9-16)25-19-12-6-5-11-18(19)21-20(24)22-13-7-10-17(23)14-22/h2-6,8-9,11-12,15,17,23H,7,10,13-14H2,1H3,(H,21,24). The highest BCUT2D eigenvalue weighted by Gasteiger charge is 2.23. The monoisotopic (exact) mass is 340 g/mol. The van der Waals surface area contributed by atoms with Crippen molar-refractivity contribution < 1.29 is 14.6 Å². The zero-order valence-corrected chi connectivity index (χ0v) is 14.4. The summed E-state index contributed by atoms with van der Waals surface area (Å²) < 4.78 is 6.06. The second kappa shape index (κ2) is 8.03. The van der Waals surface area contributed by atoms with Crippen molar-refractivity contribution in [3.8, 4) is 5.75 Å². The van der Waals surface area contributed by atoms with Gasteiger partial charge in [0.05, 0.1) is 11.8 Å². The van der Waals surface area contributed by atoms with Crippen molar-refractivity contribution in [1.82, 2.24) is 4.90 Å². The van der Waals surface area contributed by atoms with Crippen LogP contribution in [0.15, 0.2) is 54.6 Å². The summed E-state index contributed by atoms with van der Waals surface area (Å²) in [5.41, 5.74) is 1.71. The molecule has 0 bridgehead atoms. The van der Waals surface area contributed by atoms with E-state index in [9.17, 15) is 9.90 Å². The minimum Gasteiger partial charge on any atom is -0.484 e. The fourth-order valence-corrected chi connectivity index (χ4v) is 2.99. The fraction of sp³-hybridized carbons (Fsp3) is 0.350. The molecular weight excluding hydrogens is 316 g/mol. The third kappa shape index (κ3) is 4.51. The van der Waals surface area contributed by atoms with Gasteiger partial charge in [-0.05, 0) is 37.5 Å². The predicted molar refractivity (Wildman–Crippen MR) is 97.8 cm³/mol. The maximum absolute atomic E-state index is 12.5. The van der Waals surface area contributed by atoms with Crippen molar-refractivity contribution >= 4 is 11.7 Å². The zero-order valence-electron chi connectivity index (χ0n) is 14.4. The van der Waals surface area contributed by atoms with E-state index in [0.717, 1.165) is 18.4 Å². The Morgan fingerprint density at radius 2 is 1.92 bits per heavy atom. The van der Waals surface area contributed by atoms with E-state index in [1.165, 1.54) is 0 Å². The van der Waals surface area contributed by atoms with Crippen LogP contribution in [-0.4, -0.2) is 35.2 Å². The molecule has 132 valence electrons. The average molecular weight is 340 g/mol. The number of nitrogens with one attached hydrogen (secondary N) is 1. The van der Waals surface area contributed by atoms with Crippen LogP contribution in [0.5, 0.6) is 5.75 Å². The number of aliphatic hydroxyl groups is 1. The second-order valence-electron chi connectivity index (χ2n) is 6.34. The van der Waals surface area contributed by atoms with Crippen molar-refractivity contribution in [2.24, 2.45) is 0 Å². The molecule has 2 atom stereocenters. The Kier molecular flexibility index (Phi) is 5.56. The van der Waals surface area contributed by atoms with Gasteiger partial charge >= 0.3 is 6.03 Å². The highest BCUT2D eigenvalue weighted by molar-refractivity contribution is 5.91. The Balaban J connectivity index is 1.69. The number of β-amino-alcohol motifs (C(OH)–C–C–N with tert-alkyl or cyclic N) is 1. The highest BCUT2D eigenvalue weighted by Crippen LogP contribution is 2.29. The van der Waals surface area contributed by atoms with Gasteiger partial charge in [-0.2, -0.15) is 0 Å². The smallest absolute Gasteiger partial charge is 0.322 e. The summed E-state index contributed by atoms with van der Waals surface area (Å²) >= 11 is 0. The summed E-state index contributed by atoms with van der Waals surface area (Å²) in [5, 5.41) is 12.7. The van der Waals surface area contributed by atoms with Gasteiger partial charge in [0.25, 0.3) is 0 Å². The Morgan fingerprint density at radius 1 is 1.20 bits per heavy atom. The summed E-state index contributed by atoms with van der Waals surface area (Å²) in [6, 6.07) is 17.2. The summed E-state index contributed by atoms with van der Waals surface area (Å²) in [7, 11) is 0. The van der Waals surface area contributed by atoms with Crippen LogP contribution in [0.2, 0.25) is 0 Å². The molecule has 0 spiro atoms. The topological polar surface area (TPSA) is 61.8 Å². The summed E-state index contributed by atoms with van der Waals surface area (Å²) in [4.78, 5) is 14.1. The third-order valence-corrected chi connectivity index (χ3v) is 4.39. The lowest BCUT2D eigenvalue weighted by atomic mass is 10.1. The molecule has 5 nitrogen and oxygen atoms in total. The van der Waals surface area contributed by atoms with E-state index in [1.807, 2.05) is 61.5 Å². The summed E-state index contributed by atoms with van der Waals surface area (Å²) in [5.74, 6) is 0.629. The highest BCUT2D eigenvalue weighted by atomic mass is 16.5. The number of para-hydroxylation sites is 2. The molecule has 0 saturated carbocycles. The Morgan fingerprint density at radius 3 is 2.68 bits per heavy atom.